The van der Waals surface area contributed by atoms with Crippen LogP contribution in [-0.4, -0.2) is 94.6 Å². The van der Waals surface area contributed by atoms with E-state index >= 15 is 0 Å². The number of carbonyl (C=O) groups is 1. The number of nitrogens with zero attached hydrogens (tertiary/aromatic N) is 2. The standard InChI is InChI=1S/C15H30N4O4/c1-14(16)12-18-2-6-21-7-4-19(13-15(17)20)5-9-23-11-10-22-8-3-18/h1-13,16H2,(H2,17,20). The zero-order valence-corrected chi connectivity index (χ0v) is 13.9. The summed E-state index contributed by atoms with van der Waals surface area (Å²) in [7, 11) is 0. The molecule has 0 aromatic rings. The van der Waals surface area contributed by atoms with Gasteiger partial charge in [0, 0.05) is 38.4 Å². The average Bonchev–Trinajstić information content (AvgIpc) is 2.47. The molecule has 0 aromatic heterocycles. The zero-order chi connectivity index (χ0) is 16.9. The Balaban J connectivity index is 2.43. The SMILES string of the molecule is C=C(N)CN1CCOCCOCCN(CC(N)=O)CCOCC1. The maximum Gasteiger partial charge on any atom is 0.231 e. The highest BCUT2D eigenvalue weighted by molar-refractivity contribution is 5.75. The highest BCUT2D eigenvalue weighted by Gasteiger charge is 2.10. The molecule has 23 heavy (non-hydrogen) atoms. The smallest absolute Gasteiger partial charge is 0.231 e. The lowest BCUT2D eigenvalue weighted by Crippen LogP contribution is -2.38. The summed E-state index contributed by atoms with van der Waals surface area (Å²) < 4.78 is 16.7. The predicted molar refractivity (Wildman–Crippen MR) is 87.9 cm³/mol. The Hall–Kier alpha value is -1.19. The number of rotatable bonds is 4. The third kappa shape index (κ3) is 11.1. The van der Waals surface area contributed by atoms with Crippen LogP contribution in [0.4, 0.5) is 0 Å². The molecule has 134 valence electrons. The Morgan fingerprint density at radius 1 is 0.783 bits per heavy atom. The lowest BCUT2D eigenvalue weighted by molar-refractivity contribution is -0.119. The molecule has 1 rings (SSSR count). The van der Waals surface area contributed by atoms with Crippen LogP contribution in [0.2, 0.25) is 0 Å². The Morgan fingerprint density at radius 3 is 1.57 bits per heavy atom. The molecule has 0 unspecified atom stereocenters. The van der Waals surface area contributed by atoms with Gasteiger partial charge in [0.15, 0.2) is 0 Å². The van der Waals surface area contributed by atoms with Crippen molar-refractivity contribution in [1.82, 2.24) is 9.80 Å². The molecule has 1 aliphatic rings. The number of ether oxygens (including phenoxy) is 3. The summed E-state index contributed by atoms with van der Waals surface area (Å²) >= 11 is 0. The van der Waals surface area contributed by atoms with Gasteiger partial charge in [-0.2, -0.15) is 0 Å². The number of primary amides is 1. The van der Waals surface area contributed by atoms with Crippen LogP contribution in [0.15, 0.2) is 12.3 Å². The Labute approximate surface area is 138 Å². The minimum atomic E-state index is -0.348. The average molecular weight is 330 g/mol. The quantitative estimate of drug-likeness (QED) is 0.654. The molecule has 8 nitrogen and oxygen atoms in total. The summed E-state index contributed by atoms with van der Waals surface area (Å²) in [5, 5.41) is 0. The topological polar surface area (TPSA) is 103 Å². The van der Waals surface area contributed by atoms with Crippen LogP contribution in [-0.2, 0) is 19.0 Å². The van der Waals surface area contributed by atoms with E-state index in [2.05, 4.69) is 11.5 Å². The molecule has 0 aromatic carbocycles. The maximum atomic E-state index is 11.1. The molecule has 8 heteroatoms. The largest absolute Gasteiger partial charge is 0.401 e. The van der Waals surface area contributed by atoms with Crippen molar-refractivity contribution in [3.63, 3.8) is 0 Å². The molecule has 1 saturated heterocycles. The lowest BCUT2D eigenvalue weighted by Gasteiger charge is -2.22. The maximum absolute atomic E-state index is 11.1. The molecule has 1 heterocycles. The van der Waals surface area contributed by atoms with Gasteiger partial charge in [0.1, 0.15) is 0 Å². The minimum absolute atomic E-state index is 0.211. The third-order valence-electron chi connectivity index (χ3n) is 3.39. The Kier molecular flexibility index (Phi) is 10.6. The fourth-order valence-corrected chi connectivity index (χ4v) is 2.25. The van der Waals surface area contributed by atoms with Gasteiger partial charge in [-0.25, -0.2) is 0 Å². The summed E-state index contributed by atoms with van der Waals surface area (Å²) in [6, 6.07) is 0. The molecule has 0 spiro atoms. The van der Waals surface area contributed by atoms with Crippen LogP contribution in [0.3, 0.4) is 0 Å². The molecule has 1 fully saturated rings. The number of hydrogen-bond acceptors (Lipinski definition) is 7. The van der Waals surface area contributed by atoms with Gasteiger partial charge in [0.05, 0.1) is 46.2 Å². The van der Waals surface area contributed by atoms with E-state index in [4.69, 9.17) is 25.7 Å². The zero-order valence-electron chi connectivity index (χ0n) is 13.9. The molecule has 0 radical (unpaired) electrons. The van der Waals surface area contributed by atoms with Crippen molar-refractivity contribution < 1.29 is 19.0 Å². The first kappa shape index (κ1) is 19.9. The molecule has 0 bridgehead atoms. The third-order valence-corrected chi connectivity index (χ3v) is 3.39. The van der Waals surface area contributed by atoms with Crippen molar-refractivity contribution in [2.75, 3.05) is 78.9 Å². The molecule has 4 N–H and O–H groups in total. The fourth-order valence-electron chi connectivity index (χ4n) is 2.25. The van der Waals surface area contributed by atoms with Crippen molar-refractivity contribution in [2.24, 2.45) is 11.5 Å². The lowest BCUT2D eigenvalue weighted by atomic mass is 10.4. The number of nitrogens with two attached hydrogens (primary N) is 2. The van der Waals surface area contributed by atoms with E-state index in [-0.39, 0.29) is 12.5 Å². The second-order valence-corrected chi connectivity index (χ2v) is 5.51. The van der Waals surface area contributed by atoms with E-state index < -0.39 is 0 Å². The highest BCUT2D eigenvalue weighted by atomic mass is 16.5. The van der Waals surface area contributed by atoms with Gasteiger partial charge >= 0.3 is 0 Å². The van der Waals surface area contributed by atoms with E-state index in [1.54, 1.807) is 0 Å². The van der Waals surface area contributed by atoms with Crippen molar-refractivity contribution >= 4 is 5.91 Å². The van der Waals surface area contributed by atoms with Gasteiger partial charge in [-0.15, -0.1) is 0 Å². The Morgan fingerprint density at radius 2 is 1.17 bits per heavy atom. The summed E-state index contributed by atoms with van der Waals surface area (Å²) in [5.74, 6) is -0.348. The van der Waals surface area contributed by atoms with E-state index in [9.17, 15) is 4.79 Å². The van der Waals surface area contributed by atoms with Crippen LogP contribution in [0.5, 0.6) is 0 Å². The normalized spacial score (nSPS) is 21.2. The van der Waals surface area contributed by atoms with Crippen molar-refractivity contribution in [3.05, 3.63) is 12.3 Å². The van der Waals surface area contributed by atoms with E-state index in [0.717, 1.165) is 13.1 Å². The van der Waals surface area contributed by atoms with E-state index in [1.807, 2.05) is 4.90 Å². The summed E-state index contributed by atoms with van der Waals surface area (Å²) in [6.45, 7) is 10.8. The van der Waals surface area contributed by atoms with Gasteiger partial charge in [-0.05, 0) is 0 Å². The highest BCUT2D eigenvalue weighted by Crippen LogP contribution is 1.96. The van der Waals surface area contributed by atoms with E-state index in [1.165, 1.54) is 0 Å². The monoisotopic (exact) mass is 330 g/mol. The molecule has 0 atom stereocenters. The van der Waals surface area contributed by atoms with Crippen molar-refractivity contribution in [3.8, 4) is 0 Å². The van der Waals surface area contributed by atoms with Gasteiger partial charge in [0.2, 0.25) is 5.91 Å². The first-order chi connectivity index (χ1) is 11.1. The van der Waals surface area contributed by atoms with Crippen LogP contribution in [0, 0.1) is 0 Å². The van der Waals surface area contributed by atoms with Crippen LogP contribution >= 0.6 is 0 Å². The predicted octanol–water partition coefficient (Wildman–Crippen LogP) is -1.39. The van der Waals surface area contributed by atoms with Crippen molar-refractivity contribution in [1.29, 1.82) is 0 Å². The molecule has 1 aliphatic heterocycles. The number of amides is 1. The molecular formula is C15H30N4O4. The molecular weight excluding hydrogens is 300 g/mol. The second kappa shape index (κ2) is 12.3. The van der Waals surface area contributed by atoms with Crippen molar-refractivity contribution in [2.45, 2.75) is 0 Å². The fraction of sp³-hybridized carbons (Fsp3) is 0.800. The van der Waals surface area contributed by atoms with Gasteiger partial charge in [0.25, 0.3) is 0 Å². The van der Waals surface area contributed by atoms with E-state index in [0.29, 0.717) is 65.0 Å². The Bertz CT molecular complexity index is 322. The number of carbonyl (C=O) groups excluding carboxylic acids is 1. The summed E-state index contributed by atoms with van der Waals surface area (Å²) in [5.41, 5.74) is 11.6. The van der Waals surface area contributed by atoms with Crippen LogP contribution in [0.25, 0.3) is 0 Å². The number of hydrogen-bond donors (Lipinski definition) is 2. The van der Waals surface area contributed by atoms with Crippen LogP contribution < -0.4 is 11.5 Å². The molecule has 0 aliphatic carbocycles. The first-order valence-electron chi connectivity index (χ1n) is 7.97. The summed E-state index contributed by atoms with van der Waals surface area (Å²) in [6.07, 6.45) is 0. The van der Waals surface area contributed by atoms with Gasteiger partial charge in [-0.3, -0.25) is 14.6 Å². The van der Waals surface area contributed by atoms with Gasteiger partial charge < -0.3 is 25.7 Å². The second-order valence-electron chi connectivity index (χ2n) is 5.51. The van der Waals surface area contributed by atoms with Gasteiger partial charge in [-0.1, -0.05) is 6.58 Å². The minimum Gasteiger partial charge on any atom is -0.401 e. The first-order valence-corrected chi connectivity index (χ1v) is 7.97. The molecule has 1 amide bonds. The molecule has 0 saturated carbocycles. The summed E-state index contributed by atoms with van der Waals surface area (Å²) in [4.78, 5) is 15.2. The van der Waals surface area contributed by atoms with Crippen LogP contribution in [0.1, 0.15) is 0 Å².